The first-order valence-electron chi connectivity index (χ1n) is 11.0. The minimum atomic E-state index is -2.88. The minimum absolute atomic E-state index is 0.0209. The van der Waals surface area contributed by atoms with Crippen LogP contribution in [0.15, 0.2) is 23.0 Å². The van der Waals surface area contributed by atoms with E-state index in [1.54, 1.807) is 23.6 Å². The lowest BCUT2D eigenvalue weighted by Crippen LogP contribution is -2.26. The van der Waals surface area contributed by atoms with E-state index >= 15 is 0 Å². The van der Waals surface area contributed by atoms with Crippen LogP contribution in [-0.2, 0) is 0 Å². The van der Waals surface area contributed by atoms with Crippen molar-refractivity contribution in [3.63, 3.8) is 0 Å². The molecule has 2 aromatic heterocycles. The van der Waals surface area contributed by atoms with Crippen molar-refractivity contribution in [3.8, 4) is 17.1 Å². The molecule has 0 atom stereocenters. The second kappa shape index (κ2) is 8.09. The Labute approximate surface area is 180 Å². The lowest BCUT2D eigenvalue weighted by Gasteiger charge is -2.18. The predicted molar refractivity (Wildman–Crippen MR) is 117 cm³/mol. The van der Waals surface area contributed by atoms with Crippen LogP contribution in [0.3, 0.4) is 0 Å². The fourth-order valence-electron chi connectivity index (χ4n) is 4.50. The highest BCUT2D eigenvalue weighted by Gasteiger charge is 2.31. The van der Waals surface area contributed by atoms with E-state index in [0.717, 1.165) is 48.1 Å². The fraction of sp³-hybridized carbons (Fsp3) is 0.500. The minimum Gasteiger partial charge on any atom is -0.435 e. The summed E-state index contributed by atoms with van der Waals surface area (Å²) in [5.41, 5.74) is 4.72. The molecule has 166 valence electrons. The van der Waals surface area contributed by atoms with Crippen LogP contribution in [0.4, 0.5) is 8.78 Å². The van der Waals surface area contributed by atoms with Gasteiger partial charge in [0.05, 0.1) is 0 Å². The first-order chi connectivity index (χ1) is 14.8. The van der Waals surface area contributed by atoms with Crippen molar-refractivity contribution in [2.45, 2.75) is 78.9 Å². The molecule has 1 aromatic carbocycles. The van der Waals surface area contributed by atoms with Gasteiger partial charge in [0.1, 0.15) is 11.3 Å². The van der Waals surface area contributed by atoms with Gasteiger partial charge in [-0.15, -0.1) is 5.10 Å². The highest BCUT2D eigenvalue weighted by atomic mass is 19.3. The Hall–Kier alpha value is -2.70. The third kappa shape index (κ3) is 3.75. The quantitative estimate of drug-likeness (QED) is 0.468. The van der Waals surface area contributed by atoms with E-state index in [2.05, 4.69) is 24.7 Å². The van der Waals surface area contributed by atoms with Crippen molar-refractivity contribution in [2.24, 2.45) is 0 Å². The van der Waals surface area contributed by atoms with Crippen LogP contribution in [0.1, 0.15) is 73.9 Å². The molecule has 1 saturated carbocycles. The van der Waals surface area contributed by atoms with E-state index in [9.17, 15) is 13.6 Å². The average Bonchev–Trinajstić information content (AvgIpc) is 3.49. The molecule has 0 spiro atoms. The van der Waals surface area contributed by atoms with Crippen LogP contribution in [0.5, 0.6) is 5.75 Å². The van der Waals surface area contributed by atoms with Crippen LogP contribution in [0.2, 0.25) is 0 Å². The maximum atomic E-state index is 13.8. The third-order valence-electron chi connectivity index (χ3n) is 6.34. The zero-order chi connectivity index (χ0) is 22.4. The summed E-state index contributed by atoms with van der Waals surface area (Å²) in [6.07, 6.45) is 3.80. The Morgan fingerprint density at radius 2 is 1.77 bits per heavy atom. The SMILES string of the molecule is CCC(CC)c1cc(C)n2nc(-c3cc(C)c(OC(F)F)cc3C)n(C3CC3)c(=O)c12. The van der Waals surface area contributed by atoms with Gasteiger partial charge in [-0.3, -0.25) is 9.36 Å². The van der Waals surface area contributed by atoms with Crippen LogP contribution < -0.4 is 10.3 Å². The number of alkyl halides is 2. The van der Waals surface area contributed by atoms with Crippen molar-refractivity contribution in [1.82, 2.24) is 14.2 Å². The molecule has 0 N–H and O–H groups in total. The Kier molecular flexibility index (Phi) is 5.62. The molecule has 31 heavy (non-hydrogen) atoms. The van der Waals surface area contributed by atoms with Gasteiger partial charge in [0, 0.05) is 17.3 Å². The Balaban J connectivity index is 1.98. The van der Waals surface area contributed by atoms with Gasteiger partial charge in [-0.1, -0.05) is 13.8 Å². The first-order valence-corrected chi connectivity index (χ1v) is 11.0. The van der Waals surface area contributed by atoms with E-state index in [-0.39, 0.29) is 17.4 Å². The van der Waals surface area contributed by atoms with Gasteiger partial charge in [0.15, 0.2) is 5.82 Å². The topological polar surface area (TPSA) is 48.5 Å². The summed E-state index contributed by atoms with van der Waals surface area (Å²) in [6.45, 7) is 6.93. The molecule has 1 aliphatic rings. The lowest BCUT2D eigenvalue weighted by molar-refractivity contribution is -0.0503. The zero-order valence-electron chi connectivity index (χ0n) is 18.7. The summed E-state index contributed by atoms with van der Waals surface area (Å²) in [7, 11) is 0. The molecular formula is C24H29F2N3O2. The monoisotopic (exact) mass is 429 g/mol. The number of rotatable bonds is 7. The van der Waals surface area contributed by atoms with Gasteiger partial charge in [0.25, 0.3) is 5.56 Å². The van der Waals surface area contributed by atoms with Gasteiger partial charge >= 0.3 is 6.61 Å². The summed E-state index contributed by atoms with van der Waals surface area (Å²) >= 11 is 0. The Bertz CT molecular complexity index is 1190. The van der Waals surface area contributed by atoms with Crippen LogP contribution in [0.25, 0.3) is 16.9 Å². The largest absolute Gasteiger partial charge is 0.435 e. The molecule has 0 unspecified atom stereocenters. The van der Waals surface area contributed by atoms with Crippen molar-refractivity contribution in [1.29, 1.82) is 0 Å². The summed E-state index contributed by atoms with van der Waals surface area (Å²) < 4.78 is 33.7. The Morgan fingerprint density at radius 1 is 1.10 bits per heavy atom. The number of halogens is 2. The number of hydrogen-bond acceptors (Lipinski definition) is 3. The summed E-state index contributed by atoms with van der Waals surface area (Å²) in [6, 6.07) is 5.60. The molecule has 0 amide bonds. The normalized spacial score (nSPS) is 14.2. The van der Waals surface area contributed by atoms with Gasteiger partial charge < -0.3 is 4.74 Å². The maximum absolute atomic E-state index is 13.8. The van der Waals surface area contributed by atoms with E-state index < -0.39 is 6.61 Å². The zero-order valence-corrected chi connectivity index (χ0v) is 18.7. The Morgan fingerprint density at radius 3 is 2.35 bits per heavy atom. The van der Waals surface area contributed by atoms with Crippen molar-refractivity contribution in [2.75, 3.05) is 0 Å². The van der Waals surface area contributed by atoms with Gasteiger partial charge in [-0.25, -0.2) is 4.52 Å². The molecule has 0 bridgehead atoms. The molecule has 5 nitrogen and oxygen atoms in total. The van der Waals surface area contributed by atoms with Crippen molar-refractivity contribution < 1.29 is 13.5 Å². The second-order valence-electron chi connectivity index (χ2n) is 8.56. The first kappa shape index (κ1) is 21.5. The van der Waals surface area contributed by atoms with E-state index in [1.165, 1.54) is 0 Å². The van der Waals surface area contributed by atoms with Gasteiger partial charge in [-0.05, 0) is 87.3 Å². The maximum Gasteiger partial charge on any atom is 0.387 e. The van der Waals surface area contributed by atoms with Crippen molar-refractivity contribution >= 4 is 5.52 Å². The summed E-state index contributed by atoms with van der Waals surface area (Å²) in [5.74, 6) is 1.04. The van der Waals surface area contributed by atoms with Crippen LogP contribution >= 0.6 is 0 Å². The molecule has 4 rings (SSSR count). The smallest absolute Gasteiger partial charge is 0.387 e. The second-order valence-corrected chi connectivity index (χ2v) is 8.56. The molecule has 2 heterocycles. The standard InChI is InChI=1S/C24H29F2N3O2/c1-6-16(7-2)19-12-15(5)29-21(19)23(30)28(17-8-9-17)22(27-29)18-10-14(4)20(11-13(18)3)31-24(25)26/h10-12,16-17,24H,6-9H2,1-5H3. The molecule has 1 aliphatic carbocycles. The molecule has 0 radical (unpaired) electrons. The molecule has 7 heteroatoms. The number of benzene rings is 1. The number of ether oxygens (including phenoxy) is 1. The average molecular weight is 430 g/mol. The highest BCUT2D eigenvalue weighted by molar-refractivity contribution is 5.66. The molecule has 0 saturated heterocycles. The van der Waals surface area contributed by atoms with Gasteiger partial charge in [0.2, 0.25) is 0 Å². The highest BCUT2D eigenvalue weighted by Crippen LogP contribution is 2.39. The van der Waals surface area contributed by atoms with Crippen LogP contribution in [-0.4, -0.2) is 20.8 Å². The van der Waals surface area contributed by atoms with E-state index in [4.69, 9.17) is 5.10 Å². The predicted octanol–water partition coefficient (Wildman–Crippen LogP) is 5.93. The lowest BCUT2D eigenvalue weighted by atomic mass is 9.95. The van der Waals surface area contributed by atoms with Gasteiger partial charge in [-0.2, -0.15) is 8.78 Å². The van der Waals surface area contributed by atoms with Crippen molar-refractivity contribution in [3.05, 3.63) is 50.9 Å². The number of fused-ring (bicyclic) bond motifs is 1. The summed E-state index contributed by atoms with van der Waals surface area (Å²) in [5, 5.41) is 4.92. The number of nitrogens with zero attached hydrogens (tertiary/aromatic N) is 3. The summed E-state index contributed by atoms with van der Waals surface area (Å²) in [4.78, 5) is 13.8. The molecular weight excluding hydrogens is 400 g/mol. The van der Waals surface area contributed by atoms with E-state index in [1.807, 2.05) is 18.4 Å². The number of hydrogen-bond donors (Lipinski definition) is 0. The molecule has 1 fully saturated rings. The number of aryl methyl sites for hydroxylation is 3. The third-order valence-corrected chi connectivity index (χ3v) is 6.34. The van der Waals surface area contributed by atoms with Crippen LogP contribution in [0, 0.1) is 20.8 Å². The fourth-order valence-corrected chi connectivity index (χ4v) is 4.50. The molecule has 0 aliphatic heterocycles. The number of aromatic nitrogens is 3. The van der Waals surface area contributed by atoms with E-state index in [0.29, 0.717) is 22.8 Å². The molecule has 3 aromatic rings.